The van der Waals surface area contributed by atoms with Crippen LogP contribution in [0.1, 0.15) is 19.8 Å². The third-order valence-electron chi connectivity index (χ3n) is 2.91. The molecule has 0 aliphatic carbocycles. The molecule has 0 atom stereocenters. The monoisotopic (exact) mass is 310 g/mol. The SMILES string of the molecule is C=C/C=C\C=C/CC(/C=C\CC(/C=C\CB(O)O)=C/C)=C/C=C. The van der Waals surface area contributed by atoms with E-state index in [2.05, 4.69) is 31.4 Å². The highest BCUT2D eigenvalue weighted by atomic mass is 16.4. The summed E-state index contributed by atoms with van der Waals surface area (Å²) in [6.45, 7) is 9.34. The molecule has 0 aromatic rings. The van der Waals surface area contributed by atoms with Crippen molar-refractivity contribution in [2.45, 2.75) is 26.1 Å². The molecule has 0 heterocycles. The van der Waals surface area contributed by atoms with Gasteiger partial charge in [0.05, 0.1) is 0 Å². The van der Waals surface area contributed by atoms with Crippen molar-refractivity contribution in [1.29, 1.82) is 0 Å². The van der Waals surface area contributed by atoms with Crippen LogP contribution in [0.25, 0.3) is 0 Å². The Bertz CT molecular complexity index is 518. The minimum Gasteiger partial charge on any atom is -0.427 e. The third kappa shape index (κ3) is 13.3. The molecular formula is C20H27BO2. The molecule has 0 saturated heterocycles. The van der Waals surface area contributed by atoms with Crippen LogP contribution in [0.15, 0.2) is 97.2 Å². The molecule has 2 nitrogen and oxygen atoms in total. The maximum atomic E-state index is 8.82. The minimum atomic E-state index is -1.29. The van der Waals surface area contributed by atoms with Crippen molar-refractivity contribution in [2.24, 2.45) is 0 Å². The van der Waals surface area contributed by atoms with Gasteiger partial charge in [0, 0.05) is 6.32 Å². The van der Waals surface area contributed by atoms with Gasteiger partial charge in [-0.3, -0.25) is 0 Å². The van der Waals surface area contributed by atoms with Gasteiger partial charge in [0.2, 0.25) is 0 Å². The van der Waals surface area contributed by atoms with E-state index in [-0.39, 0.29) is 6.32 Å². The summed E-state index contributed by atoms with van der Waals surface area (Å²) in [7, 11) is -1.29. The van der Waals surface area contributed by atoms with Crippen molar-refractivity contribution >= 4 is 7.12 Å². The molecule has 0 aromatic carbocycles. The van der Waals surface area contributed by atoms with Crippen molar-refractivity contribution in [2.75, 3.05) is 0 Å². The Kier molecular flexibility index (Phi) is 13.5. The first-order valence-electron chi connectivity index (χ1n) is 7.74. The van der Waals surface area contributed by atoms with Crippen molar-refractivity contribution in [1.82, 2.24) is 0 Å². The average Bonchev–Trinajstić information content (AvgIpc) is 2.52. The van der Waals surface area contributed by atoms with Gasteiger partial charge in [0.25, 0.3) is 0 Å². The molecule has 0 aromatic heterocycles. The fraction of sp³-hybridized carbons (Fsp3) is 0.200. The summed E-state index contributed by atoms with van der Waals surface area (Å²) in [4.78, 5) is 0. The molecule has 0 aliphatic rings. The van der Waals surface area contributed by atoms with Crippen LogP contribution in [0, 0.1) is 0 Å². The van der Waals surface area contributed by atoms with E-state index in [4.69, 9.17) is 10.0 Å². The molecular weight excluding hydrogens is 283 g/mol. The second kappa shape index (κ2) is 14.8. The first-order valence-corrected chi connectivity index (χ1v) is 7.74. The Morgan fingerprint density at radius 1 is 0.870 bits per heavy atom. The Hall–Kier alpha value is -2.10. The summed E-state index contributed by atoms with van der Waals surface area (Å²) >= 11 is 0. The first kappa shape index (κ1) is 20.9. The third-order valence-corrected chi connectivity index (χ3v) is 2.91. The molecule has 0 aliphatic heterocycles. The smallest absolute Gasteiger partial charge is 0.427 e. The minimum absolute atomic E-state index is 0.242. The van der Waals surface area contributed by atoms with E-state index in [9.17, 15) is 0 Å². The van der Waals surface area contributed by atoms with Crippen LogP contribution < -0.4 is 0 Å². The molecule has 0 amide bonds. The van der Waals surface area contributed by atoms with Crippen LogP contribution in [0.3, 0.4) is 0 Å². The zero-order valence-corrected chi connectivity index (χ0v) is 13.9. The van der Waals surface area contributed by atoms with Crippen molar-refractivity contribution < 1.29 is 10.0 Å². The second-order valence-corrected chi connectivity index (χ2v) is 4.82. The van der Waals surface area contributed by atoms with Gasteiger partial charge in [-0.15, -0.1) is 0 Å². The molecule has 0 saturated carbocycles. The van der Waals surface area contributed by atoms with Gasteiger partial charge in [-0.05, 0) is 30.9 Å². The number of hydrogen-bond acceptors (Lipinski definition) is 2. The summed E-state index contributed by atoms with van der Waals surface area (Å²) in [5.41, 5.74) is 2.30. The zero-order chi connectivity index (χ0) is 17.3. The largest absolute Gasteiger partial charge is 0.455 e. The molecule has 23 heavy (non-hydrogen) atoms. The van der Waals surface area contributed by atoms with E-state index in [1.807, 2.05) is 43.4 Å². The average molecular weight is 310 g/mol. The van der Waals surface area contributed by atoms with Gasteiger partial charge in [-0.1, -0.05) is 86.1 Å². The highest BCUT2D eigenvalue weighted by molar-refractivity contribution is 6.41. The van der Waals surface area contributed by atoms with Crippen molar-refractivity contribution in [3.8, 4) is 0 Å². The molecule has 0 spiro atoms. The molecule has 122 valence electrons. The molecule has 0 fully saturated rings. The number of rotatable bonds is 11. The van der Waals surface area contributed by atoms with Gasteiger partial charge in [-0.25, -0.2) is 0 Å². The summed E-state index contributed by atoms with van der Waals surface area (Å²) in [6, 6.07) is 0. The Balaban J connectivity index is 4.55. The van der Waals surface area contributed by atoms with E-state index >= 15 is 0 Å². The van der Waals surface area contributed by atoms with Gasteiger partial charge in [0.15, 0.2) is 0 Å². The predicted octanol–water partition coefficient (Wildman–Crippen LogP) is 4.71. The van der Waals surface area contributed by atoms with E-state index in [1.165, 1.54) is 5.57 Å². The van der Waals surface area contributed by atoms with Gasteiger partial charge in [0.1, 0.15) is 0 Å². The highest BCUT2D eigenvalue weighted by Gasteiger charge is 2.01. The number of allylic oxidation sites excluding steroid dienone is 14. The Labute approximate surface area is 141 Å². The van der Waals surface area contributed by atoms with Gasteiger partial charge in [-0.2, -0.15) is 0 Å². The fourth-order valence-electron chi connectivity index (χ4n) is 1.74. The topological polar surface area (TPSA) is 40.5 Å². The lowest BCUT2D eigenvalue weighted by atomic mass is 9.86. The predicted molar refractivity (Wildman–Crippen MR) is 103 cm³/mol. The lowest BCUT2D eigenvalue weighted by molar-refractivity contribution is 0.411. The Morgan fingerprint density at radius 2 is 1.57 bits per heavy atom. The highest BCUT2D eigenvalue weighted by Crippen LogP contribution is 2.10. The Morgan fingerprint density at radius 3 is 2.17 bits per heavy atom. The van der Waals surface area contributed by atoms with E-state index in [0.717, 1.165) is 18.4 Å². The van der Waals surface area contributed by atoms with Gasteiger partial charge < -0.3 is 10.0 Å². The summed E-state index contributed by atoms with van der Waals surface area (Å²) in [5.74, 6) is 0. The summed E-state index contributed by atoms with van der Waals surface area (Å²) in [6.07, 6.45) is 25.2. The molecule has 3 heteroatoms. The maximum absolute atomic E-state index is 8.82. The maximum Gasteiger partial charge on any atom is 0.455 e. The van der Waals surface area contributed by atoms with Crippen molar-refractivity contribution in [3.05, 3.63) is 97.2 Å². The lowest BCUT2D eigenvalue weighted by Crippen LogP contribution is -2.07. The molecule has 0 bridgehead atoms. The first-order chi connectivity index (χ1) is 11.1. The van der Waals surface area contributed by atoms with Gasteiger partial charge >= 0.3 is 7.12 Å². The lowest BCUT2D eigenvalue weighted by Gasteiger charge is -1.99. The van der Waals surface area contributed by atoms with E-state index < -0.39 is 7.12 Å². The van der Waals surface area contributed by atoms with Crippen LogP contribution in [0.4, 0.5) is 0 Å². The zero-order valence-electron chi connectivity index (χ0n) is 13.9. The van der Waals surface area contributed by atoms with Crippen LogP contribution >= 0.6 is 0 Å². The van der Waals surface area contributed by atoms with Crippen LogP contribution in [0.2, 0.25) is 6.32 Å². The molecule has 0 rings (SSSR count). The molecule has 0 radical (unpaired) electrons. The van der Waals surface area contributed by atoms with E-state index in [1.54, 1.807) is 18.2 Å². The van der Waals surface area contributed by atoms with Crippen LogP contribution in [0.5, 0.6) is 0 Å². The fourth-order valence-corrected chi connectivity index (χ4v) is 1.74. The quantitative estimate of drug-likeness (QED) is 0.428. The summed E-state index contributed by atoms with van der Waals surface area (Å²) in [5, 5.41) is 17.6. The molecule has 2 N–H and O–H groups in total. The number of hydrogen-bond donors (Lipinski definition) is 2. The normalized spacial score (nSPS) is 13.7. The standard InChI is InChI=1S/C20H27BO2/c1-4-7-8-9-10-14-20(13-5-2)16-11-15-19(6-3)17-12-18-21(22)23/h4-13,16-17,22-23H,1-2,14-15,18H2,3H3/b8-7-,10-9-,16-11-,17-12-,19-6-,20-13-. The van der Waals surface area contributed by atoms with Crippen LogP contribution in [-0.2, 0) is 0 Å². The van der Waals surface area contributed by atoms with Crippen molar-refractivity contribution in [3.63, 3.8) is 0 Å². The summed E-state index contributed by atoms with van der Waals surface area (Å²) < 4.78 is 0. The van der Waals surface area contributed by atoms with Crippen LogP contribution in [-0.4, -0.2) is 17.2 Å². The van der Waals surface area contributed by atoms with E-state index in [0.29, 0.717) is 0 Å². The molecule has 0 unspecified atom stereocenters. The second-order valence-electron chi connectivity index (χ2n) is 4.82.